The summed E-state index contributed by atoms with van der Waals surface area (Å²) in [5.41, 5.74) is 2.39. The van der Waals surface area contributed by atoms with E-state index in [4.69, 9.17) is 9.84 Å². The SMILES string of the molecule is Cc1ccc(OCCCC(=O)N2CCC[C@H]2C(=O)O)cc1C. The van der Waals surface area contributed by atoms with Crippen molar-refractivity contribution in [2.24, 2.45) is 0 Å². The van der Waals surface area contributed by atoms with Gasteiger partial charge in [-0.25, -0.2) is 4.79 Å². The molecule has 0 saturated carbocycles. The van der Waals surface area contributed by atoms with Gasteiger partial charge in [-0.15, -0.1) is 0 Å². The van der Waals surface area contributed by atoms with Crippen molar-refractivity contribution >= 4 is 11.9 Å². The van der Waals surface area contributed by atoms with Gasteiger partial charge in [-0.2, -0.15) is 0 Å². The first-order valence-corrected chi connectivity index (χ1v) is 7.71. The van der Waals surface area contributed by atoms with Crippen molar-refractivity contribution in [1.82, 2.24) is 4.90 Å². The Hall–Kier alpha value is -2.04. The molecule has 22 heavy (non-hydrogen) atoms. The fourth-order valence-electron chi connectivity index (χ4n) is 2.68. The average Bonchev–Trinajstić information content (AvgIpc) is 2.97. The molecular formula is C17H23NO4. The van der Waals surface area contributed by atoms with Crippen molar-refractivity contribution in [2.75, 3.05) is 13.2 Å². The predicted octanol–water partition coefficient (Wildman–Crippen LogP) is 2.54. The third-order valence-corrected chi connectivity index (χ3v) is 4.14. The molecule has 1 fully saturated rings. The van der Waals surface area contributed by atoms with Gasteiger partial charge in [-0.3, -0.25) is 4.79 Å². The Morgan fingerprint density at radius 1 is 1.32 bits per heavy atom. The first kappa shape index (κ1) is 16.3. The Morgan fingerprint density at radius 2 is 2.09 bits per heavy atom. The fraction of sp³-hybridized carbons (Fsp3) is 0.529. The molecule has 0 spiro atoms. The van der Waals surface area contributed by atoms with Gasteiger partial charge in [0.15, 0.2) is 0 Å². The average molecular weight is 305 g/mol. The van der Waals surface area contributed by atoms with E-state index in [-0.39, 0.29) is 5.91 Å². The number of ether oxygens (including phenoxy) is 1. The molecule has 0 radical (unpaired) electrons. The minimum absolute atomic E-state index is 0.0893. The van der Waals surface area contributed by atoms with Crippen LogP contribution in [0.3, 0.4) is 0 Å². The molecule has 1 amide bonds. The van der Waals surface area contributed by atoms with Crippen LogP contribution < -0.4 is 4.74 Å². The molecule has 1 aliphatic rings. The van der Waals surface area contributed by atoms with Crippen molar-refractivity contribution in [3.8, 4) is 5.75 Å². The highest BCUT2D eigenvalue weighted by Gasteiger charge is 2.33. The molecule has 0 aromatic heterocycles. The van der Waals surface area contributed by atoms with E-state index < -0.39 is 12.0 Å². The van der Waals surface area contributed by atoms with Crippen LogP contribution in [-0.4, -0.2) is 41.1 Å². The van der Waals surface area contributed by atoms with Crippen LogP contribution in [-0.2, 0) is 9.59 Å². The Morgan fingerprint density at radius 3 is 2.77 bits per heavy atom. The monoisotopic (exact) mass is 305 g/mol. The summed E-state index contributed by atoms with van der Waals surface area (Å²) in [7, 11) is 0. The fourth-order valence-corrected chi connectivity index (χ4v) is 2.68. The van der Waals surface area contributed by atoms with E-state index in [1.54, 1.807) is 0 Å². The van der Waals surface area contributed by atoms with E-state index >= 15 is 0 Å². The second-order valence-corrected chi connectivity index (χ2v) is 5.78. The third kappa shape index (κ3) is 4.00. The van der Waals surface area contributed by atoms with Crippen LogP contribution in [0.4, 0.5) is 0 Å². The van der Waals surface area contributed by atoms with E-state index in [0.717, 1.165) is 12.2 Å². The summed E-state index contributed by atoms with van der Waals surface area (Å²) in [6.45, 7) is 5.09. The lowest BCUT2D eigenvalue weighted by Crippen LogP contribution is -2.40. The summed E-state index contributed by atoms with van der Waals surface area (Å²) in [5.74, 6) is -0.189. The maximum absolute atomic E-state index is 12.1. The quantitative estimate of drug-likeness (QED) is 0.820. The summed E-state index contributed by atoms with van der Waals surface area (Å²) < 4.78 is 5.64. The summed E-state index contributed by atoms with van der Waals surface area (Å²) >= 11 is 0. The largest absolute Gasteiger partial charge is 0.494 e. The van der Waals surface area contributed by atoms with Crippen molar-refractivity contribution in [3.63, 3.8) is 0 Å². The Kier molecular flexibility index (Phi) is 5.41. The maximum Gasteiger partial charge on any atom is 0.326 e. The smallest absolute Gasteiger partial charge is 0.326 e. The zero-order chi connectivity index (χ0) is 16.1. The van der Waals surface area contributed by atoms with Gasteiger partial charge in [0, 0.05) is 13.0 Å². The molecule has 1 aromatic rings. The number of aliphatic carboxylic acids is 1. The number of carboxylic acid groups (broad SMARTS) is 1. The molecule has 1 atom stereocenters. The summed E-state index contributed by atoms with van der Waals surface area (Å²) in [6.07, 6.45) is 2.24. The van der Waals surface area contributed by atoms with E-state index in [2.05, 4.69) is 0 Å². The molecule has 0 aliphatic carbocycles. The number of nitrogens with zero attached hydrogens (tertiary/aromatic N) is 1. The normalized spacial score (nSPS) is 17.5. The number of amides is 1. The lowest BCUT2D eigenvalue weighted by atomic mass is 10.1. The molecular weight excluding hydrogens is 282 g/mol. The van der Waals surface area contributed by atoms with Gasteiger partial charge >= 0.3 is 5.97 Å². The topological polar surface area (TPSA) is 66.8 Å². The van der Waals surface area contributed by atoms with Gasteiger partial charge in [0.1, 0.15) is 11.8 Å². The van der Waals surface area contributed by atoms with Crippen molar-refractivity contribution in [1.29, 1.82) is 0 Å². The minimum atomic E-state index is -0.905. The first-order chi connectivity index (χ1) is 10.5. The Labute approximate surface area is 130 Å². The molecule has 0 bridgehead atoms. The molecule has 5 nitrogen and oxygen atoms in total. The number of aryl methyl sites for hydroxylation is 2. The molecule has 120 valence electrons. The van der Waals surface area contributed by atoms with Gasteiger partial charge < -0.3 is 14.7 Å². The number of carbonyl (C=O) groups excluding carboxylic acids is 1. The minimum Gasteiger partial charge on any atom is -0.494 e. The highest BCUT2D eigenvalue weighted by molar-refractivity contribution is 5.84. The third-order valence-electron chi connectivity index (χ3n) is 4.14. The van der Waals surface area contributed by atoms with Crippen LogP contribution in [0.2, 0.25) is 0 Å². The molecule has 1 heterocycles. The molecule has 1 N–H and O–H groups in total. The molecule has 1 saturated heterocycles. The summed E-state index contributed by atoms with van der Waals surface area (Å²) in [5, 5.41) is 9.08. The van der Waals surface area contributed by atoms with E-state index in [1.807, 2.05) is 32.0 Å². The Bertz CT molecular complexity index is 556. The predicted molar refractivity (Wildman–Crippen MR) is 83.0 cm³/mol. The number of hydrogen-bond acceptors (Lipinski definition) is 3. The van der Waals surface area contributed by atoms with E-state index in [1.165, 1.54) is 16.0 Å². The summed E-state index contributed by atoms with van der Waals surface area (Å²) in [4.78, 5) is 24.6. The van der Waals surface area contributed by atoms with Gasteiger partial charge in [-0.1, -0.05) is 6.07 Å². The second kappa shape index (κ2) is 7.29. The number of rotatable bonds is 6. The standard InChI is InChI=1S/C17H23NO4/c1-12-7-8-14(11-13(12)2)22-10-4-6-16(19)18-9-3-5-15(18)17(20)21/h7-8,11,15H,3-6,9-10H2,1-2H3,(H,20,21)/t15-/m0/s1. The van der Waals surface area contributed by atoms with Gasteiger partial charge in [0.2, 0.25) is 5.91 Å². The lowest BCUT2D eigenvalue weighted by Gasteiger charge is -2.21. The van der Waals surface area contributed by atoms with Gasteiger partial charge in [-0.05, 0) is 56.4 Å². The van der Waals surface area contributed by atoms with E-state index in [0.29, 0.717) is 32.4 Å². The molecule has 1 aliphatic heterocycles. The number of benzene rings is 1. The van der Waals surface area contributed by atoms with Crippen LogP contribution in [0.15, 0.2) is 18.2 Å². The van der Waals surface area contributed by atoms with E-state index in [9.17, 15) is 9.59 Å². The molecule has 1 aromatic carbocycles. The van der Waals surface area contributed by atoms with Crippen molar-refractivity contribution < 1.29 is 19.4 Å². The highest BCUT2D eigenvalue weighted by atomic mass is 16.5. The lowest BCUT2D eigenvalue weighted by molar-refractivity contribution is -0.148. The van der Waals surface area contributed by atoms with Crippen LogP contribution in [0.25, 0.3) is 0 Å². The van der Waals surface area contributed by atoms with Crippen LogP contribution >= 0.6 is 0 Å². The van der Waals surface area contributed by atoms with Crippen molar-refractivity contribution in [3.05, 3.63) is 29.3 Å². The second-order valence-electron chi connectivity index (χ2n) is 5.78. The van der Waals surface area contributed by atoms with Crippen LogP contribution in [0.1, 0.15) is 36.8 Å². The number of likely N-dealkylation sites (tertiary alicyclic amines) is 1. The number of carbonyl (C=O) groups is 2. The maximum atomic E-state index is 12.1. The van der Waals surface area contributed by atoms with Crippen LogP contribution in [0, 0.1) is 13.8 Å². The van der Waals surface area contributed by atoms with Gasteiger partial charge in [0.05, 0.1) is 6.61 Å². The summed E-state index contributed by atoms with van der Waals surface area (Å²) in [6, 6.07) is 5.27. The molecule has 2 rings (SSSR count). The zero-order valence-electron chi connectivity index (χ0n) is 13.2. The molecule has 0 unspecified atom stereocenters. The van der Waals surface area contributed by atoms with Gasteiger partial charge in [0.25, 0.3) is 0 Å². The number of hydrogen-bond donors (Lipinski definition) is 1. The number of carboxylic acids is 1. The highest BCUT2D eigenvalue weighted by Crippen LogP contribution is 2.19. The first-order valence-electron chi connectivity index (χ1n) is 7.71. The van der Waals surface area contributed by atoms with Crippen molar-refractivity contribution in [2.45, 2.75) is 45.6 Å². The van der Waals surface area contributed by atoms with Crippen LogP contribution in [0.5, 0.6) is 5.75 Å². The Balaban J connectivity index is 1.75. The molecule has 5 heteroatoms. The zero-order valence-corrected chi connectivity index (χ0v) is 13.2.